The largest absolute Gasteiger partial charge is 0.296 e. The van der Waals surface area contributed by atoms with Crippen LogP contribution in [0.25, 0.3) is 16.5 Å². The van der Waals surface area contributed by atoms with Gasteiger partial charge in [-0.05, 0) is 49.9 Å². The lowest BCUT2D eigenvalue weighted by Crippen LogP contribution is -1.90. The topological polar surface area (TPSA) is 24.7 Å². The summed E-state index contributed by atoms with van der Waals surface area (Å²) in [6.07, 6.45) is 2.06. The van der Waals surface area contributed by atoms with Crippen molar-refractivity contribution >= 4 is 28.9 Å². The molecule has 20 heavy (non-hydrogen) atoms. The summed E-state index contributed by atoms with van der Waals surface area (Å²) in [6, 6.07) is 12.7. The Balaban J connectivity index is 2.65. The SMILES string of the molecule is C=NCc1ccc2cccc(/C(=C/C)N=C(C)C)c2c1. The summed E-state index contributed by atoms with van der Waals surface area (Å²) in [5, 5.41) is 2.44. The molecular weight excluding hydrogens is 244 g/mol. The number of rotatable bonds is 4. The Morgan fingerprint density at radius 1 is 1.20 bits per heavy atom. The second-order valence-corrected chi connectivity index (χ2v) is 4.98. The van der Waals surface area contributed by atoms with Crippen molar-refractivity contribution in [1.29, 1.82) is 0 Å². The van der Waals surface area contributed by atoms with E-state index in [0.29, 0.717) is 6.54 Å². The maximum absolute atomic E-state index is 4.63. The molecule has 0 bridgehead atoms. The summed E-state index contributed by atoms with van der Waals surface area (Å²) >= 11 is 0. The minimum Gasteiger partial charge on any atom is -0.296 e. The Labute approximate surface area is 120 Å². The zero-order valence-corrected chi connectivity index (χ0v) is 12.4. The van der Waals surface area contributed by atoms with Gasteiger partial charge in [-0.15, -0.1) is 0 Å². The van der Waals surface area contributed by atoms with Crippen molar-refractivity contribution in [3.8, 4) is 0 Å². The first kappa shape index (κ1) is 14.2. The highest BCUT2D eigenvalue weighted by Crippen LogP contribution is 2.27. The number of aliphatic imine (C=N–C) groups is 2. The molecular formula is C18H20N2. The second kappa shape index (κ2) is 6.29. The van der Waals surface area contributed by atoms with Gasteiger partial charge in [0.05, 0.1) is 12.2 Å². The van der Waals surface area contributed by atoms with E-state index in [1.54, 1.807) is 0 Å². The fourth-order valence-corrected chi connectivity index (χ4v) is 2.29. The standard InChI is InChI=1S/C18H20N2/c1-5-18(20-13(2)3)16-8-6-7-15-10-9-14(12-19-4)11-17(15)16/h5-11H,4,12H2,1-3H3/b18-5-. The van der Waals surface area contributed by atoms with E-state index in [-0.39, 0.29) is 0 Å². The Morgan fingerprint density at radius 3 is 2.65 bits per heavy atom. The third-order valence-corrected chi connectivity index (χ3v) is 3.13. The van der Waals surface area contributed by atoms with Crippen LogP contribution in [0.2, 0.25) is 0 Å². The number of allylic oxidation sites excluding steroid dienone is 1. The molecule has 0 spiro atoms. The molecule has 0 heterocycles. The lowest BCUT2D eigenvalue weighted by Gasteiger charge is -2.09. The average molecular weight is 264 g/mol. The molecule has 0 aliphatic heterocycles. The molecule has 0 saturated carbocycles. The van der Waals surface area contributed by atoms with Gasteiger partial charge in [-0.1, -0.05) is 36.4 Å². The van der Waals surface area contributed by atoms with Gasteiger partial charge in [-0.2, -0.15) is 0 Å². The minimum absolute atomic E-state index is 0.644. The summed E-state index contributed by atoms with van der Waals surface area (Å²) in [7, 11) is 0. The summed E-state index contributed by atoms with van der Waals surface area (Å²) in [5.41, 5.74) is 4.41. The molecule has 2 aromatic rings. The third-order valence-electron chi connectivity index (χ3n) is 3.13. The van der Waals surface area contributed by atoms with Crippen LogP contribution in [0.3, 0.4) is 0 Å². The maximum Gasteiger partial charge on any atom is 0.0664 e. The van der Waals surface area contributed by atoms with Crippen molar-refractivity contribution in [1.82, 2.24) is 0 Å². The molecule has 2 rings (SSSR count). The van der Waals surface area contributed by atoms with Crippen LogP contribution in [0.15, 0.2) is 52.5 Å². The van der Waals surface area contributed by atoms with Crippen LogP contribution in [0.5, 0.6) is 0 Å². The Morgan fingerprint density at radius 2 is 2.00 bits per heavy atom. The van der Waals surface area contributed by atoms with Crippen LogP contribution in [0, 0.1) is 0 Å². The van der Waals surface area contributed by atoms with E-state index in [1.807, 2.05) is 20.8 Å². The Bertz CT molecular complexity index is 690. The van der Waals surface area contributed by atoms with E-state index < -0.39 is 0 Å². The molecule has 0 unspecified atom stereocenters. The van der Waals surface area contributed by atoms with Crippen molar-refractivity contribution in [3.05, 3.63) is 53.6 Å². The van der Waals surface area contributed by atoms with Gasteiger partial charge in [0.25, 0.3) is 0 Å². The molecule has 0 aliphatic rings. The first-order valence-corrected chi connectivity index (χ1v) is 6.78. The van der Waals surface area contributed by atoms with Crippen molar-refractivity contribution in [2.75, 3.05) is 0 Å². The monoisotopic (exact) mass is 264 g/mol. The van der Waals surface area contributed by atoms with Gasteiger partial charge in [0.15, 0.2) is 0 Å². The van der Waals surface area contributed by atoms with Crippen LogP contribution >= 0.6 is 0 Å². The predicted molar refractivity (Wildman–Crippen MR) is 89.6 cm³/mol. The fraction of sp³-hybridized carbons (Fsp3) is 0.222. The number of hydrogen-bond acceptors (Lipinski definition) is 2. The zero-order valence-electron chi connectivity index (χ0n) is 12.4. The number of nitrogens with zero attached hydrogens (tertiary/aromatic N) is 2. The predicted octanol–water partition coefficient (Wildman–Crippen LogP) is 4.88. The van der Waals surface area contributed by atoms with Crippen molar-refractivity contribution in [2.24, 2.45) is 9.98 Å². The number of benzene rings is 2. The fourth-order valence-electron chi connectivity index (χ4n) is 2.29. The summed E-state index contributed by atoms with van der Waals surface area (Å²) < 4.78 is 0. The summed E-state index contributed by atoms with van der Waals surface area (Å²) in [6.45, 7) is 10.3. The number of hydrogen-bond donors (Lipinski definition) is 0. The smallest absolute Gasteiger partial charge is 0.0664 e. The van der Waals surface area contributed by atoms with Crippen molar-refractivity contribution < 1.29 is 0 Å². The highest BCUT2D eigenvalue weighted by molar-refractivity contribution is 5.96. The Hall–Kier alpha value is -2.22. The molecule has 0 amide bonds. The minimum atomic E-state index is 0.644. The first-order chi connectivity index (χ1) is 9.65. The van der Waals surface area contributed by atoms with E-state index >= 15 is 0 Å². The molecule has 2 heteroatoms. The molecule has 0 radical (unpaired) electrons. The molecule has 0 fully saturated rings. The van der Waals surface area contributed by atoms with Crippen LogP contribution in [0.4, 0.5) is 0 Å². The molecule has 2 nitrogen and oxygen atoms in total. The molecule has 0 aliphatic carbocycles. The summed E-state index contributed by atoms with van der Waals surface area (Å²) in [4.78, 5) is 8.60. The lowest BCUT2D eigenvalue weighted by molar-refractivity contribution is 1.09. The van der Waals surface area contributed by atoms with E-state index in [9.17, 15) is 0 Å². The first-order valence-electron chi connectivity index (χ1n) is 6.78. The third kappa shape index (κ3) is 3.02. The van der Waals surface area contributed by atoms with Gasteiger partial charge in [0.1, 0.15) is 0 Å². The molecule has 2 aromatic carbocycles. The molecule has 0 aromatic heterocycles. The van der Waals surface area contributed by atoms with Gasteiger partial charge in [-0.25, -0.2) is 0 Å². The van der Waals surface area contributed by atoms with Gasteiger partial charge in [0.2, 0.25) is 0 Å². The van der Waals surface area contributed by atoms with Gasteiger partial charge in [0, 0.05) is 11.3 Å². The summed E-state index contributed by atoms with van der Waals surface area (Å²) in [5.74, 6) is 0. The Kier molecular flexibility index (Phi) is 4.46. The van der Waals surface area contributed by atoms with E-state index in [2.05, 4.69) is 59.2 Å². The van der Waals surface area contributed by atoms with E-state index in [4.69, 9.17) is 0 Å². The van der Waals surface area contributed by atoms with Gasteiger partial charge < -0.3 is 0 Å². The lowest BCUT2D eigenvalue weighted by atomic mass is 9.99. The van der Waals surface area contributed by atoms with Gasteiger partial charge >= 0.3 is 0 Å². The van der Waals surface area contributed by atoms with Crippen LogP contribution < -0.4 is 0 Å². The van der Waals surface area contributed by atoms with E-state index in [0.717, 1.165) is 17.0 Å². The highest BCUT2D eigenvalue weighted by atomic mass is 14.7. The van der Waals surface area contributed by atoms with Gasteiger partial charge in [-0.3, -0.25) is 9.98 Å². The molecule has 102 valence electrons. The molecule has 0 atom stereocenters. The van der Waals surface area contributed by atoms with Crippen LogP contribution in [0.1, 0.15) is 31.9 Å². The highest BCUT2D eigenvalue weighted by Gasteiger charge is 2.06. The normalized spacial score (nSPS) is 11.4. The molecule has 0 saturated heterocycles. The van der Waals surface area contributed by atoms with Crippen molar-refractivity contribution in [2.45, 2.75) is 27.3 Å². The van der Waals surface area contributed by atoms with Crippen molar-refractivity contribution in [3.63, 3.8) is 0 Å². The second-order valence-electron chi connectivity index (χ2n) is 4.98. The maximum atomic E-state index is 4.63. The quantitative estimate of drug-likeness (QED) is 0.703. The average Bonchev–Trinajstić information content (AvgIpc) is 2.44. The van der Waals surface area contributed by atoms with E-state index in [1.165, 1.54) is 16.3 Å². The van der Waals surface area contributed by atoms with Crippen LogP contribution in [-0.4, -0.2) is 12.4 Å². The van der Waals surface area contributed by atoms with Crippen LogP contribution in [-0.2, 0) is 6.54 Å². The zero-order chi connectivity index (χ0) is 14.5. The molecule has 0 N–H and O–H groups in total. The number of fused-ring (bicyclic) bond motifs is 1.